The predicted molar refractivity (Wildman–Crippen MR) is 128 cm³/mol. The zero-order valence-electron chi connectivity index (χ0n) is 20.5. The molecule has 0 amide bonds. The van der Waals surface area contributed by atoms with Gasteiger partial charge in [-0.05, 0) is 61.6 Å². The molecule has 1 saturated carbocycles. The SMILES string of the molecule is COc1ccc(CN2CCC(N(C3CC3)S(O)(OC)c3cccc(C(F)(F)F)c3)CC2)cc1C(F)(F)F. The van der Waals surface area contributed by atoms with E-state index < -0.39 is 34.3 Å². The van der Waals surface area contributed by atoms with E-state index in [1.807, 2.05) is 9.21 Å². The van der Waals surface area contributed by atoms with Crippen molar-refractivity contribution in [3.8, 4) is 5.75 Å². The molecule has 1 unspecified atom stereocenters. The Balaban J connectivity index is 1.49. The first-order chi connectivity index (χ1) is 17.4. The number of halogens is 6. The molecule has 1 aliphatic heterocycles. The number of ether oxygens (including phenoxy) is 1. The fourth-order valence-corrected chi connectivity index (χ4v) is 7.21. The van der Waals surface area contributed by atoms with Crippen LogP contribution in [0.3, 0.4) is 0 Å². The lowest BCUT2D eigenvalue weighted by Gasteiger charge is -2.51. The summed E-state index contributed by atoms with van der Waals surface area (Å²) < 4.78 is 104. The summed E-state index contributed by atoms with van der Waals surface area (Å²) >= 11 is 0. The molecule has 0 bridgehead atoms. The molecule has 0 aromatic heterocycles. The van der Waals surface area contributed by atoms with E-state index in [4.69, 9.17) is 8.92 Å². The maximum atomic E-state index is 13.4. The topological polar surface area (TPSA) is 45.2 Å². The van der Waals surface area contributed by atoms with Crippen LogP contribution in [0.15, 0.2) is 47.4 Å². The van der Waals surface area contributed by atoms with Gasteiger partial charge in [0.05, 0.1) is 30.2 Å². The van der Waals surface area contributed by atoms with Crippen LogP contribution in [0.5, 0.6) is 5.75 Å². The third kappa shape index (κ3) is 6.19. The van der Waals surface area contributed by atoms with E-state index in [0.29, 0.717) is 38.0 Å². The highest BCUT2D eigenvalue weighted by atomic mass is 32.3. The Morgan fingerprint density at radius 2 is 1.57 bits per heavy atom. The second kappa shape index (κ2) is 10.6. The second-order valence-corrected chi connectivity index (χ2v) is 11.5. The predicted octanol–water partition coefficient (Wildman–Crippen LogP) is 6.97. The number of likely N-dealkylation sites (tertiary alicyclic amines) is 1. The van der Waals surface area contributed by atoms with Gasteiger partial charge >= 0.3 is 12.4 Å². The van der Waals surface area contributed by atoms with Gasteiger partial charge in [0, 0.05) is 31.7 Å². The Bertz CT molecular complexity index is 1090. The van der Waals surface area contributed by atoms with Crippen LogP contribution in [-0.2, 0) is 23.1 Å². The summed E-state index contributed by atoms with van der Waals surface area (Å²) in [5, 5.41) is 0. The maximum Gasteiger partial charge on any atom is 0.419 e. The van der Waals surface area contributed by atoms with Gasteiger partial charge in [-0.3, -0.25) is 13.6 Å². The highest BCUT2D eigenvalue weighted by Gasteiger charge is 2.45. The molecule has 1 saturated heterocycles. The smallest absolute Gasteiger partial charge is 0.419 e. The molecule has 1 N–H and O–H groups in total. The van der Waals surface area contributed by atoms with Crippen LogP contribution in [0.4, 0.5) is 26.3 Å². The van der Waals surface area contributed by atoms with Gasteiger partial charge in [-0.2, -0.15) is 30.6 Å². The van der Waals surface area contributed by atoms with Crippen LogP contribution in [0, 0.1) is 0 Å². The number of nitrogens with zero attached hydrogens (tertiary/aromatic N) is 2. The molecule has 1 atom stereocenters. The molecule has 4 rings (SSSR count). The molecule has 5 nitrogen and oxygen atoms in total. The normalized spacial score (nSPS) is 20.6. The number of rotatable bonds is 8. The lowest BCUT2D eigenvalue weighted by Crippen LogP contribution is -2.46. The zero-order valence-corrected chi connectivity index (χ0v) is 21.3. The standard InChI is InChI=1S/C25H30F6N2O3S/c1-35-23-9-6-17(14-22(23)25(29,30)31)16-32-12-10-20(11-13-32)33(19-7-8-19)37(34,36-2)21-5-3-4-18(15-21)24(26,27)28/h3-6,9,14-15,19-20,34H,7-8,10-13,16H2,1-2H3. The molecule has 1 aliphatic carbocycles. The van der Waals surface area contributed by atoms with E-state index in [1.165, 1.54) is 32.4 Å². The number of alkyl halides is 6. The first-order valence-corrected chi connectivity index (χ1v) is 13.4. The lowest BCUT2D eigenvalue weighted by molar-refractivity contribution is -0.139. The largest absolute Gasteiger partial charge is 0.496 e. The van der Waals surface area contributed by atoms with Crippen LogP contribution in [0.1, 0.15) is 42.4 Å². The Labute approximate surface area is 213 Å². The third-order valence-corrected chi connectivity index (χ3v) is 9.29. The van der Waals surface area contributed by atoms with Crippen LogP contribution >= 0.6 is 10.8 Å². The Morgan fingerprint density at radius 3 is 2.11 bits per heavy atom. The van der Waals surface area contributed by atoms with Crippen LogP contribution in [0.25, 0.3) is 0 Å². The molecule has 0 radical (unpaired) electrons. The highest BCUT2D eigenvalue weighted by Crippen LogP contribution is 2.61. The number of benzene rings is 2. The Hall–Kier alpha value is -1.99. The molecule has 37 heavy (non-hydrogen) atoms. The van der Waals surface area contributed by atoms with Crippen molar-refractivity contribution in [1.29, 1.82) is 0 Å². The fourth-order valence-electron chi connectivity index (χ4n) is 4.84. The Morgan fingerprint density at radius 1 is 0.919 bits per heavy atom. The van der Waals surface area contributed by atoms with Crippen molar-refractivity contribution in [2.75, 3.05) is 27.3 Å². The average molecular weight is 553 g/mol. The second-order valence-electron chi connectivity index (χ2n) is 9.32. The summed E-state index contributed by atoms with van der Waals surface area (Å²) in [6.07, 6.45) is -6.27. The zero-order chi connectivity index (χ0) is 27.0. The lowest BCUT2D eigenvalue weighted by atomic mass is 10.0. The van der Waals surface area contributed by atoms with Crippen molar-refractivity contribution in [2.24, 2.45) is 0 Å². The van der Waals surface area contributed by atoms with Crippen molar-refractivity contribution in [3.05, 3.63) is 59.2 Å². The molecule has 2 fully saturated rings. The van der Waals surface area contributed by atoms with Crippen LogP contribution in [0.2, 0.25) is 0 Å². The van der Waals surface area contributed by atoms with E-state index in [-0.39, 0.29) is 22.7 Å². The van der Waals surface area contributed by atoms with Crippen molar-refractivity contribution < 1.29 is 39.8 Å². The van der Waals surface area contributed by atoms with E-state index in [9.17, 15) is 30.9 Å². The molecular formula is C25H30F6N2O3S. The summed E-state index contributed by atoms with van der Waals surface area (Å²) in [5.41, 5.74) is -1.16. The van der Waals surface area contributed by atoms with E-state index in [0.717, 1.165) is 31.0 Å². The molecule has 2 aromatic carbocycles. The minimum atomic E-state index is -4.55. The first-order valence-electron chi connectivity index (χ1n) is 11.9. The van der Waals surface area contributed by atoms with Crippen molar-refractivity contribution in [3.63, 3.8) is 0 Å². The summed E-state index contributed by atoms with van der Waals surface area (Å²) in [4.78, 5) is 2.13. The highest BCUT2D eigenvalue weighted by molar-refractivity contribution is 8.23. The number of piperidine rings is 1. The average Bonchev–Trinajstić information content (AvgIpc) is 3.69. The van der Waals surface area contributed by atoms with Crippen molar-refractivity contribution >= 4 is 10.8 Å². The van der Waals surface area contributed by atoms with Crippen LogP contribution in [-0.4, -0.2) is 53.2 Å². The molecule has 1 heterocycles. The number of methoxy groups -OCH3 is 1. The van der Waals surface area contributed by atoms with Crippen molar-refractivity contribution in [1.82, 2.24) is 9.21 Å². The summed E-state index contributed by atoms with van der Waals surface area (Å²) in [5.74, 6) is -0.230. The summed E-state index contributed by atoms with van der Waals surface area (Å²) in [6, 6.07) is 8.53. The molecule has 2 aromatic rings. The number of hydrogen-bond donors (Lipinski definition) is 1. The van der Waals surface area contributed by atoms with E-state index in [1.54, 1.807) is 6.07 Å². The first kappa shape index (κ1) is 28.0. The van der Waals surface area contributed by atoms with Gasteiger partial charge in [-0.1, -0.05) is 12.1 Å². The van der Waals surface area contributed by atoms with Gasteiger partial charge in [-0.25, -0.2) is 0 Å². The maximum absolute atomic E-state index is 13.4. The van der Waals surface area contributed by atoms with Crippen LogP contribution < -0.4 is 4.74 Å². The quantitative estimate of drug-likeness (QED) is 0.358. The van der Waals surface area contributed by atoms with Gasteiger partial charge < -0.3 is 4.74 Å². The molecular weight excluding hydrogens is 522 g/mol. The van der Waals surface area contributed by atoms with Gasteiger partial charge in [0.25, 0.3) is 0 Å². The Kier molecular flexibility index (Phi) is 8.06. The minimum absolute atomic E-state index is 0.00183. The van der Waals surface area contributed by atoms with Gasteiger partial charge in [0.2, 0.25) is 0 Å². The van der Waals surface area contributed by atoms with Gasteiger partial charge in [0.15, 0.2) is 0 Å². The minimum Gasteiger partial charge on any atom is -0.496 e. The molecule has 12 heteroatoms. The van der Waals surface area contributed by atoms with Crippen molar-refractivity contribution in [2.45, 2.75) is 61.6 Å². The monoisotopic (exact) mass is 552 g/mol. The third-order valence-electron chi connectivity index (χ3n) is 6.79. The van der Waals surface area contributed by atoms with Gasteiger partial charge in [0.1, 0.15) is 5.75 Å². The molecule has 206 valence electrons. The molecule has 2 aliphatic rings. The number of hydrogen-bond acceptors (Lipinski definition) is 5. The van der Waals surface area contributed by atoms with Gasteiger partial charge in [-0.15, -0.1) is 10.8 Å². The fraction of sp³-hybridized carbons (Fsp3) is 0.520. The molecule has 0 spiro atoms. The summed E-state index contributed by atoms with van der Waals surface area (Å²) in [7, 11) is -0.641. The summed E-state index contributed by atoms with van der Waals surface area (Å²) in [6.45, 7) is 1.43. The van der Waals surface area contributed by atoms with E-state index >= 15 is 0 Å². The van der Waals surface area contributed by atoms with E-state index in [2.05, 4.69) is 0 Å².